The quantitative estimate of drug-likeness (QED) is 0.517. The fraction of sp³-hybridized carbons (Fsp3) is 0.882. The molecule has 0 bridgehead atoms. The molecule has 0 saturated heterocycles. The maximum atomic E-state index is 2.62. The molecule has 0 radical (unpaired) electrons. The van der Waals surface area contributed by atoms with E-state index in [1.54, 1.807) is 38.5 Å². The summed E-state index contributed by atoms with van der Waals surface area (Å²) in [4.78, 5) is 0. The Bertz CT molecular complexity index is 327. The molecule has 4 aliphatic rings. The summed E-state index contributed by atoms with van der Waals surface area (Å²) < 4.78 is 0. The van der Waals surface area contributed by atoms with Crippen LogP contribution in [0, 0.1) is 29.6 Å². The Kier molecular flexibility index (Phi) is 2.59. The smallest absolute Gasteiger partial charge is 0.0172 e. The van der Waals surface area contributed by atoms with Gasteiger partial charge in [-0.2, -0.15) is 0 Å². The molecule has 3 fully saturated rings. The molecule has 0 amide bonds. The molecular weight excluding hydrogens is 204 g/mol. The molecule has 94 valence electrons. The molecule has 4 aliphatic carbocycles. The van der Waals surface area contributed by atoms with Gasteiger partial charge in [0.15, 0.2) is 0 Å². The predicted molar refractivity (Wildman–Crippen MR) is 71.7 cm³/mol. The number of hydrogen-bond donors (Lipinski definition) is 0. The molecule has 0 nitrogen and oxygen atoms in total. The Hall–Kier alpha value is -0.260. The first-order valence-electron chi connectivity index (χ1n) is 8.12. The van der Waals surface area contributed by atoms with Gasteiger partial charge in [0.25, 0.3) is 0 Å². The second-order valence-corrected chi connectivity index (χ2v) is 7.12. The normalized spacial score (nSPS) is 48.9. The molecule has 0 spiro atoms. The summed E-state index contributed by atoms with van der Waals surface area (Å²) >= 11 is 0. The third-order valence-electron chi connectivity index (χ3n) is 6.57. The third kappa shape index (κ3) is 1.63. The van der Waals surface area contributed by atoms with Crippen molar-refractivity contribution in [1.82, 2.24) is 0 Å². The summed E-state index contributed by atoms with van der Waals surface area (Å²) in [6.45, 7) is 0. The molecule has 0 N–H and O–H groups in total. The Balaban J connectivity index is 1.61. The van der Waals surface area contributed by atoms with Crippen molar-refractivity contribution in [3.8, 4) is 0 Å². The van der Waals surface area contributed by atoms with Crippen LogP contribution in [0.3, 0.4) is 0 Å². The van der Waals surface area contributed by atoms with Crippen molar-refractivity contribution in [2.75, 3.05) is 0 Å². The molecule has 0 aromatic heterocycles. The Morgan fingerprint density at radius 3 is 2.76 bits per heavy atom. The van der Waals surface area contributed by atoms with E-state index in [1.165, 1.54) is 25.7 Å². The first kappa shape index (κ1) is 10.6. The van der Waals surface area contributed by atoms with Gasteiger partial charge in [-0.3, -0.25) is 0 Å². The van der Waals surface area contributed by atoms with E-state index in [9.17, 15) is 0 Å². The zero-order valence-corrected chi connectivity index (χ0v) is 11.0. The lowest BCUT2D eigenvalue weighted by atomic mass is 9.56. The second kappa shape index (κ2) is 4.14. The van der Waals surface area contributed by atoms with Crippen LogP contribution in [0.15, 0.2) is 11.6 Å². The average molecular weight is 230 g/mol. The molecule has 5 unspecified atom stereocenters. The molecule has 0 heterocycles. The fourth-order valence-corrected chi connectivity index (χ4v) is 5.93. The van der Waals surface area contributed by atoms with Gasteiger partial charge in [0, 0.05) is 0 Å². The SMILES string of the molecule is C1=C2CCC3C4CCCC4CCC3C2CCC1. The summed E-state index contributed by atoms with van der Waals surface area (Å²) in [5, 5.41) is 0. The minimum absolute atomic E-state index is 1.03. The molecule has 0 heteroatoms. The lowest BCUT2D eigenvalue weighted by molar-refractivity contribution is 0.0490. The van der Waals surface area contributed by atoms with Crippen LogP contribution in [0.2, 0.25) is 0 Å². The first-order chi connectivity index (χ1) is 8.43. The van der Waals surface area contributed by atoms with Crippen LogP contribution >= 0.6 is 0 Å². The van der Waals surface area contributed by atoms with Gasteiger partial charge >= 0.3 is 0 Å². The summed E-state index contributed by atoms with van der Waals surface area (Å²) in [5.74, 6) is 5.57. The lowest BCUT2D eigenvalue weighted by Gasteiger charge is -2.49. The van der Waals surface area contributed by atoms with Gasteiger partial charge < -0.3 is 0 Å². The van der Waals surface area contributed by atoms with Crippen LogP contribution in [0.1, 0.15) is 64.2 Å². The first-order valence-corrected chi connectivity index (χ1v) is 8.12. The predicted octanol–water partition coefficient (Wildman–Crippen LogP) is 4.95. The van der Waals surface area contributed by atoms with Crippen LogP contribution < -0.4 is 0 Å². The van der Waals surface area contributed by atoms with Crippen molar-refractivity contribution in [2.45, 2.75) is 64.2 Å². The van der Waals surface area contributed by atoms with Gasteiger partial charge in [-0.25, -0.2) is 0 Å². The van der Waals surface area contributed by atoms with E-state index in [0.717, 1.165) is 29.6 Å². The van der Waals surface area contributed by atoms with Crippen LogP contribution in [0.5, 0.6) is 0 Å². The highest BCUT2D eigenvalue weighted by Crippen LogP contribution is 2.56. The van der Waals surface area contributed by atoms with E-state index in [4.69, 9.17) is 0 Å². The van der Waals surface area contributed by atoms with Crippen LogP contribution in [0.4, 0.5) is 0 Å². The molecule has 17 heavy (non-hydrogen) atoms. The van der Waals surface area contributed by atoms with Gasteiger partial charge in [-0.1, -0.05) is 24.5 Å². The summed E-state index contributed by atoms with van der Waals surface area (Å²) in [7, 11) is 0. The van der Waals surface area contributed by atoms with Gasteiger partial charge in [0.2, 0.25) is 0 Å². The van der Waals surface area contributed by atoms with Crippen molar-refractivity contribution in [2.24, 2.45) is 29.6 Å². The molecule has 5 atom stereocenters. The molecular formula is C17H26. The minimum Gasteiger partial charge on any atom is -0.0850 e. The zero-order chi connectivity index (χ0) is 11.2. The monoisotopic (exact) mass is 230 g/mol. The van der Waals surface area contributed by atoms with Crippen LogP contribution in [-0.2, 0) is 0 Å². The van der Waals surface area contributed by atoms with Crippen molar-refractivity contribution < 1.29 is 0 Å². The zero-order valence-electron chi connectivity index (χ0n) is 11.0. The van der Waals surface area contributed by atoms with Crippen molar-refractivity contribution in [1.29, 1.82) is 0 Å². The summed E-state index contributed by atoms with van der Waals surface area (Å²) in [6.07, 6.45) is 17.9. The maximum absolute atomic E-state index is 2.62. The molecule has 0 aromatic carbocycles. The molecule has 3 saturated carbocycles. The van der Waals surface area contributed by atoms with E-state index in [1.807, 2.05) is 5.57 Å². The maximum Gasteiger partial charge on any atom is -0.0172 e. The summed E-state index contributed by atoms with van der Waals surface area (Å²) in [5.41, 5.74) is 1.88. The Labute approximate surface area is 106 Å². The Morgan fingerprint density at radius 1 is 0.765 bits per heavy atom. The van der Waals surface area contributed by atoms with Gasteiger partial charge in [-0.05, 0) is 81.0 Å². The van der Waals surface area contributed by atoms with E-state index in [2.05, 4.69) is 6.08 Å². The van der Waals surface area contributed by atoms with Crippen LogP contribution in [-0.4, -0.2) is 0 Å². The van der Waals surface area contributed by atoms with Crippen molar-refractivity contribution >= 4 is 0 Å². The van der Waals surface area contributed by atoms with Crippen molar-refractivity contribution in [3.63, 3.8) is 0 Å². The highest BCUT2D eigenvalue weighted by Gasteiger charge is 2.46. The van der Waals surface area contributed by atoms with E-state index < -0.39 is 0 Å². The van der Waals surface area contributed by atoms with Gasteiger partial charge in [-0.15, -0.1) is 0 Å². The number of fused-ring (bicyclic) bond motifs is 5. The Morgan fingerprint density at radius 2 is 1.76 bits per heavy atom. The highest BCUT2D eigenvalue weighted by atomic mass is 14.5. The second-order valence-electron chi connectivity index (χ2n) is 7.12. The number of hydrogen-bond acceptors (Lipinski definition) is 0. The fourth-order valence-electron chi connectivity index (χ4n) is 5.93. The largest absolute Gasteiger partial charge is 0.0850 e. The van der Waals surface area contributed by atoms with E-state index in [0.29, 0.717) is 0 Å². The number of rotatable bonds is 0. The van der Waals surface area contributed by atoms with Gasteiger partial charge in [0.1, 0.15) is 0 Å². The van der Waals surface area contributed by atoms with Gasteiger partial charge in [0.05, 0.1) is 0 Å². The molecule has 0 aliphatic heterocycles. The van der Waals surface area contributed by atoms with Crippen LogP contribution in [0.25, 0.3) is 0 Å². The minimum atomic E-state index is 1.03. The standard InChI is InChI=1S/C17H26/c1-2-6-14-12(4-1)8-10-17-15-7-3-5-13(15)9-11-16(14)17/h4,13-17H,1-3,5-11H2. The third-order valence-corrected chi connectivity index (χ3v) is 6.57. The molecule has 0 aromatic rings. The number of allylic oxidation sites excluding steroid dienone is 2. The topological polar surface area (TPSA) is 0 Å². The molecule has 4 rings (SSSR count). The lowest BCUT2D eigenvalue weighted by Crippen LogP contribution is -2.40. The summed E-state index contributed by atoms with van der Waals surface area (Å²) in [6, 6.07) is 0. The van der Waals surface area contributed by atoms with E-state index in [-0.39, 0.29) is 0 Å². The van der Waals surface area contributed by atoms with Crippen molar-refractivity contribution in [3.05, 3.63) is 11.6 Å². The average Bonchev–Trinajstić information content (AvgIpc) is 2.86. The van der Waals surface area contributed by atoms with E-state index >= 15 is 0 Å². The highest BCUT2D eigenvalue weighted by molar-refractivity contribution is 5.16.